The number of sulfonamides is 2. The molecule has 0 atom stereocenters. The van der Waals surface area contributed by atoms with Gasteiger partial charge in [-0.2, -0.15) is 0 Å². The van der Waals surface area contributed by atoms with Gasteiger partial charge in [0.1, 0.15) is 18.9 Å². The van der Waals surface area contributed by atoms with Crippen molar-refractivity contribution in [2.45, 2.75) is 18.4 Å². The Bertz CT molecular complexity index is 1670. The van der Waals surface area contributed by atoms with E-state index in [9.17, 15) is 21.6 Å². The minimum atomic E-state index is -3.83. The van der Waals surface area contributed by atoms with Crippen molar-refractivity contribution in [1.82, 2.24) is 0 Å². The Morgan fingerprint density at radius 2 is 1.48 bits per heavy atom. The van der Waals surface area contributed by atoms with Gasteiger partial charge >= 0.3 is 0 Å². The zero-order valence-electron chi connectivity index (χ0n) is 21.9. The second-order valence-electron chi connectivity index (χ2n) is 9.09. The van der Waals surface area contributed by atoms with E-state index < -0.39 is 32.5 Å². The lowest BCUT2D eigenvalue weighted by Crippen LogP contribution is -2.37. The van der Waals surface area contributed by atoms with Crippen LogP contribution in [0.2, 0.25) is 0 Å². The maximum absolute atomic E-state index is 12.8. The predicted octanol–water partition coefficient (Wildman–Crippen LogP) is 4.78. The number of aryl methyl sites for hydroxylation is 1. The molecule has 0 spiro atoms. The van der Waals surface area contributed by atoms with Crippen molar-refractivity contribution >= 4 is 43.0 Å². The number of nitrogens with zero attached hydrogens (tertiary/aromatic N) is 1. The highest BCUT2D eigenvalue weighted by Gasteiger charge is 2.21. The number of nitrogens with one attached hydrogen (secondary N) is 2. The second-order valence-corrected chi connectivity index (χ2v) is 12.7. The SMILES string of the molecule is Cc1cccc(NS(=O)(=O)c2ccc(NC(=O)CN(c3ccc(OCc4ccccc4)cc3)S(C)(=O)=O)cc2)c1. The number of carbonyl (C=O) groups is 1. The van der Waals surface area contributed by atoms with Crippen LogP contribution in [0.3, 0.4) is 0 Å². The number of carbonyl (C=O) groups excluding carboxylic acids is 1. The first kappa shape index (κ1) is 28.7. The van der Waals surface area contributed by atoms with E-state index in [2.05, 4.69) is 10.0 Å². The van der Waals surface area contributed by atoms with Gasteiger partial charge in [-0.1, -0.05) is 42.5 Å². The van der Waals surface area contributed by atoms with Crippen LogP contribution in [0, 0.1) is 6.92 Å². The van der Waals surface area contributed by atoms with Crippen molar-refractivity contribution in [2.24, 2.45) is 0 Å². The van der Waals surface area contributed by atoms with Crippen molar-refractivity contribution in [1.29, 1.82) is 0 Å². The minimum absolute atomic E-state index is 0.0133. The molecule has 4 aromatic carbocycles. The summed E-state index contributed by atoms with van der Waals surface area (Å²) in [6, 6.07) is 28.6. The Hall–Kier alpha value is -4.35. The van der Waals surface area contributed by atoms with Gasteiger partial charge in [0, 0.05) is 11.4 Å². The second kappa shape index (κ2) is 12.2. The van der Waals surface area contributed by atoms with Crippen LogP contribution in [0.4, 0.5) is 17.1 Å². The number of benzene rings is 4. The van der Waals surface area contributed by atoms with Gasteiger partial charge in [0.05, 0.1) is 16.8 Å². The van der Waals surface area contributed by atoms with Gasteiger partial charge in [0.25, 0.3) is 10.0 Å². The van der Waals surface area contributed by atoms with E-state index in [0.717, 1.165) is 21.7 Å². The molecule has 0 bridgehead atoms. The number of anilines is 3. The van der Waals surface area contributed by atoms with Crippen molar-refractivity contribution in [3.63, 3.8) is 0 Å². The number of hydrogen-bond acceptors (Lipinski definition) is 6. The quantitative estimate of drug-likeness (QED) is 0.264. The van der Waals surface area contributed by atoms with E-state index in [1.54, 1.807) is 42.5 Å². The molecule has 11 heteroatoms. The maximum Gasteiger partial charge on any atom is 0.261 e. The molecule has 0 aliphatic rings. The summed E-state index contributed by atoms with van der Waals surface area (Å²) in [4.78, 5) is 12.8. The van der Waals surface area contributed by atoms with E-state index in [1.807, 2.05) is 43.3 Å². The van der Waals surface area contributed by atoms with Gasteiger partial charge in [0.15, 0.2) is 0 Å². The summed E-state index contributed by atoms with van der Waals surface area (Å²) >= 11 is 0. The smallest absolute Gasteiger partial charge is 0.261 e. The van der Waals surface area contributed by atoms with Crippen molar-refractivity contribution in [2.75, 3.05) is 27.1 Å². The van der Waals surface area contributed by atoms with Crippen LogP contribution in [-0.4, -0.2) is 35.5 Å². The number of amides is 1. The lowest BCUT2D eigenvalue weighted by Gasteiger charge is -2.22. The first-order valence-corrected chi connectivity index (χ1v) is 15.6. The average molecular weight is 580 g/mol. The summed E-state index contributed by atoms with van der Waals surface area (Å²) in [7, 11) is -7.62. The summed E-state index contributed by atoms with van der Waals surface area (Å²) in [5, 5.41) is 2.61. The molecule has 0 aliphatic carbocycles. The summed E-state index contributed by atoms with van der Waals surface area (Å²) < 4.78 is 59.6. The molecule has 208 valence electrons. The zero-order chi connectivity index (χ0) is 28.8. The third-order valence-electron chi connectivity index (χ3n) is 5.78. The molecule has 0 aliphatic heterocycles. The largest absolute Gasteiger partial charge is 0.489 e. The maximum atomic E-state index is 12.8. The molecule has 0 aromatic heterocycles. The molecule has 4 rings (SSSR count). The van der Waals surface area contributed by atoms with Crippen LogP contribution in [0.25, 0.3) is 0 Å². The highest BCUT2D eigenvalue weighted by atomic mass is 32.2. The van der Waals surface area contributed by atoms with Crippen LogP contribution in [-0.2, 0) is 31.4 Å². The summed E-state index contributed by atoms with van der Waals surface area (Å²) in [6.07, 6.45) is 1.01. The topological polar surface area (TPSA) is 122 Å². The van der Waals surface area contributed by atoms with Gasteiger partial charge in [-0.3, -0.25) is 13.8 Å². The Kier molecular flexibility index (Phi) is 8.76. The Labute approximate surface area is 234 Å². The van der Waals surface area contributed by atoms with Crippen LogP contribution in [0.1, 0.15) is 11.1 Å². The molecule has 0 saturated carbocycles. The third kappa shape index (κ3) is 7.84. The monoisotopic (exact) mass is 579 g/mol. The van der Waals surface area contributed by atoms with Gasteiger partial charge in [-0.05, 0) is 78.7 Å². The lowest BCUT2D eigenvalue weighted by atomic mass is 10.2. The third-order valence-corrected chi connectivity index (χ3v) is 8.32. The summed E-state index contributed by atoms with van der Waals surface area (Å²) in [5.41, 5.74) is 2.96. The summed E-state index contributed by atoms with van der Waals surface area (Å²) in [5.74, 6) is -0.0410. The fourth-order valence-electron chi connectivity index (χ4n) is 3.82. The summed E-state index contributed by atoms with van der Waals surface area (Å²) in [6.45, 7) is 1.75. The highest BCUT2D eigenvalue weighted by Crippen LogP contribution is 2.23. The lowest BCUT2D eigenvalue weighted by molar-refractivity contribution is -0.114. The highest BCUT2D eigenvalue weighted by molar-refractivity contribution is 7.92. The predicted molar refractivity (Wildman–Crippen MR) is 156 cm³/mol. The molecule has 0 fully saturated rings. The molecule has 0 unspecified atom stereocenters. The number of rotatable bonds is 11. The van der Waals surface area contributed by atoms with Crippen molar-refractivity contribution < 1.29 is 26.4 Å². The van der Waals surface area contributed by atoms with Crippen LogP contribution < -0.4 is 19.1 Å². The zero-order valence-corrected chi connectivity index (χ0v) is 23.6. The van der Waals surface area contributed by atoms with Crippen LogP contribution >= 0.6 is 0 Å². The number of hydrogen-bond donors (Lipinski definition) is 2. The molecule has 0 saturated heterocycles. The minimum Gasteiger partial charge on any atom is -0.489 e. The molecule has 4 aromatic rings. The first-order chi connectivity index (χ1) is 19.0. The average Bonchev–Trinajstić information content (AvgIpc) is 2.91. The number of ether oxygens (including phenoxy) is 1. The molecule has 0 heterocycles. The van der Waals surface area contributed by atoms with Crippen LogP contribution in [0.15, 0.2) is 108 Å². The Morgan fingerprint density at radius 1 is 0.800 bits per heavy atom. The Balaban J connectivity index is 1.39. The van der Waals surface area contributed by atoms with E-state index in [0.29, 0.717) is 29.4 Å². The molecule has 40 heavy (non-hydrogen) atoms. The van der Waals surface area contributed by atoms with Crippen molar-refractivity contribution in [3.8, 4) is 5.75 Å². The van der Waals surface area contributed by atoms with E-state index in [-0.39, 0.29) is 4.90 Å². The van der Waals surface area contributed by atoms with Gasteiger partial charge < -0.3 is 10.1 Å². The van der Waals surface area contributed by atoms with E-state index >= 15 is 0 Å². The van der Waals surface area contributed by atoms with Crippen molar-refractivity contribution in [3.05, 3.63) is 114 Å². The molecule has 2 N–H and O–H groups in total. The van der Waals surface area contributed by atoms with Gasteiger partial charge in [0.2, 0.25) is 15.9 Å². The normalized spacial score (nSPS) is 11.4. The first-order valence-electron chi connectivity index (χ1n) is 12.2. The van der Waals surface area contributed by atoms with Crippen LogP contribution in [0.5, 0.6) is 5.75 Å². The standard InChI is InChI=1S/C29H29N3O6S2/c1-22-7-6-10-25(19-22)31-40(36,37)28-17-11-24(12-18-28)30-29(33)20-32(39(2,34)35)26-13-15-27(16-14-26)38-21-23-8-4-3-5-9-23/h3-19,31H,20-21H2,1-2H3,(H,30,33). The Morgan fingerprint density at radius 3 is 2.10 bits per heavy atom. The fourth-order valence-corrected chi connectivity index (χ4v) is 5.73. The van der Waals surface area contributed by atoms with Gasteiger partial charge in [-0.15, -0.1) is 0 Å². The molecule has 0 radical (unpaired) electrons. The molecular weight excluding hydrogens is 550 g/mol. The molecule has 9 nitrogen and oxygen atoms in total. The molecule has 1 amide bonds. The molecular formula is C29H29N3O6S2. The van der Waals surface area contributed by atoms with E-state index in [1.165, 1.54) is 24.3 Å². The fraction of sp³-hybridized carbons (Fsp3) is 0.138. The van der Waals surface area contributed by atoms with E-state index in [4.69, 9.17) is 4.74 Å². The van der Waals surface area contributed by atoms with Gasteiger partial charge in [-0.25, -0.2) is 16.8 Å².